The van der Waals surface area contributed by atoms with E-state index in [2.05, 4.69) is 15.5 Å². The van der Waals surface area contributed by atoms with E-state index in [9.17, 15) is 14.0 Å². The second kappa shape index (κ2) is 8.98. The van der Waals surface area contributed by atoms with Crippen molar-refractivity contribution in [3.63, 3.8) is 0 Å². The Morgan fingerprint density at radius 2 is 2.03 bits per heavy atom. The van der Waals surface area contributed by atoms with Crippen LogP contribution in [0.4, 0.5) is 10.1 Å². The average molecular weight is 433 g/mol. The van der Waals surface area contributed by atoms with Gasteiger partial charge in [-0.3, -0.25) is 9.59 Å². The second-order valence-corrected chi connectivity index (χ2v) is 7.61. The molecule has 1 fully saturated rings. The minimum atomic E-state index is -0.709. The van der Waals surface area contributed by atoms with Crippen LogP contribution in [0.2, 0.25) is 0 Å². The monoisotopic (exact) mass is 433 g/mol. The summed E-state index contributed by atoms with van der Waals surface area (Å²) < 4.78 is 19.8. The first kappa shape index (κ1) is 21.2. The summed E-state index contributed by atoms with van der Waals surface area (Å²) >= 11 is 0. The van der Waals surface area contributed by atoms with Crippen molar-refractivity contribution in [3.8, 4) is 17.5 Å². The lowest BCUT2D eigenvalue weighted by molar-refractivity contribution is -0.114. The number of benzene rings is 2. The van der Waals surface area contributed by atoms with Gasteiger partial charge >= 0.3 is 0 Å². The predicted molar refractivity (Wildman–Crippen MR) is 113 cm³/mol. The number of piperidine rings is 1. The maximum absolute atomic E-state index is 14.3. The van der Waals surface area contributed by atoms with Gasteiger partial charge in [0.1, 0.15) is 5.82 Å². The number of anilines is 1. The van der Waals surface area contributed by atoms with Crippen LogP contribution in [0.3, 0.4) is 0 Å². The second-order valence-electron chi connectivity index (χ2n) is 7.61. The molecule has 1 aliphatic rings. The maximum atomic E-state index is 14.3. The summed E-state index contributed by atoms with van der Waals surface area (Å²) in [5.41, 5.74) is 1.51. The smallest absolute Gasteiger partial charge is 0.256 e. The highest BCUT2D eigenvalue weighted by atomic mass is 19.1. The van der Waals surface area contributed by atoms with Crippen LogP contribution >= 0.6 is 0 Å². The molecule has 0 spiro atoms. The molecule has 2 aromatic carbocycles. The molecule has 9 heteroatoms. The van der Waals surface area contributed by atoms with Gasteiger partial charge in [0.2, 0.25) is 17.6 Å². The van der Waals surface area contributed by atoms with Crippen molar-refractivity contribution in [2.75, 3.05) is 18.4 Å². The van der Waals surface area contributed by atoms with E-state index < -0.39 is 11.7 Å². The quantitative estimate of drug-likeness (QED) is 0.671. The van der Waals surface area contributed by atoms with Gasteiger partial charge in [0.05, 0.1) is 23.1 Å². The molecule has 0 aliphatic carbocycles. The maximum Gasteiger partial charge on any atom is 0.256 e. The largest absolute Gasteiger partial charge is 0.339 e. The zero-order valence-electron chi connectivity index (χ0n) is 17.3. The molecule has 0 saturated carbocycles. The number of nitriles is 1. The molecule has 0 radical (unpaired) electrons. The summed E-state index contributed by atoms with van der Waals surface area (Å²) in [5, 5.41) is 15.6. The Morgan fingerprint density at radius 1 is 1.25 bits per heavy atom. The van der Waals surface area contributed by atoms with Crippen molar-refractivity contribution < 1.29 is 18.5 Å². The van der Waals surface area contributed by atoms with E-state index in [0.717, 1.165) is 24.5 Å². The molecule has 0 bridgehead atoms. The Balaban J connectivity index is 1.47. The van der Waals surface area contributed by atoms with Crippen LogP contribution < -0.4 is 5.32 Å². The lowest BCUT2D eigenvalue weighted by Crippen LogP contribution is -2.39. The Labute approximate surface area is 183 Å². The fourth-order valence-electron chi connectivity index (χ4n) is 3.72. The summed E-state index contributed by atoms with van der Waals surface area (Å²) in [4.78, 5) is 30.0. The molecule has 8 nitrogen and oxygen atoms in total. The number of nitrogens with zero attached hydrogens (tertiary/aromatic N) is 4. The standard InChI is InChI=1S/C23H20FN5O3/c1-14(30)26-18-7-5-16(6-8-18)21-27-22(32-28-21)17-3-2-10-29(13-17)23(31)19-9-4-15(12-25)11-20(19)24/h4-9,11,17H,2-3,10,13H2,1H3,(H,26,30). The highest BCUT2D eigenvalue weighted by Gasteiger charge is 2.30. The topological polar surface area (TPSA) is 112 Å². The van der Waals surface area contributed by atoms with E-state index in [0.29, 0.717) is 30.5 Å². The van der Waals surface area contributed by atoms with E-state index in [-0.39, 0.29) is 23.0 Å². The number of rotatable bonds is 4. The summed E-state index contributed by atoms with van der Waals surface area (Å²) in [6.45, 7) is 2.27. The molecule has 1 unspecified atom stereocenters. The fourth-order valence-corrected chi connectivity index (χ4v) is 3.72. The third-order valence-corrected chi connectivity index (χ3v) is 5.29. The number of hydrogen-bond acceptors (Lipinski definition) is 6. The Kier molecular flexibility index (Phi) is 5.94. The van der Waals surface area contributed by atoms with Crippen molar-refractivity contribution in [2.24, 2.45) is 0 Å². The average Bonchev–Trinajstić information content (AvgIpc) is 3.29. The Bertz CT molecular complexity index is 1200. The molecule has 1 N–H and O–H groups in total. The first-order valence-electron chi connectivity index (χ1n) is 10.1. The van der Waals surface area contributed by atoms with Crippen molar-refractivity contribution in [1.82, 2.24) is 15.0 Å². The van der Waals surface area contributed by atoms with Gasteiger partial charge in [-0.1, -0.05) is 5.16 Å². The van der Waals surface area contributed by atoms with Crippen LogP contribution in [0, 0.1) is 17.1 Å². The van der Waals surface area contributed by atoms with Crippen LogP contribution in [-0.4, -0.2) is 39.9 Å². The highest BCUT2D eigenvalue weighted by molar-refractivity contribution is 5.94. The summed E-state index contributed by atoms with van der Waals surface area (Å²) in [6, 6.07) is 12.8. The molecule has 1 saturated heterocycles. The Morgan fingerprint density at radius 3 is 2.72 bits per heavy atom. The molecule has 2 amide bonds. The lowest BCUT2D eigenvalue weighted by Gasteiger charge is -2.31. The van der Waals surface area contributed by atoms with Crippen LogP contribution in [0.1, 0.15) is 47.5 Å². The number of carbonyl (C=O) groups excluding carboxylic acids is 2. The van der Waals surface area contributed by atoms with Crippen LogP contribution in [0.25, 0.3) is 11.4 Å². The zero-order chi connectivity index (χ0) is 22.7. The summed E-state index contributed by atoms with van der Waals surface area (Å²) in [5.74, 6) is -0.616. The number of carbonyl (C=O) groups is 2. The molecule has 4 rings (SSSR count). The molecule has 1 atom stereocenters. The van der Waals surface area contributed by atoms with Gasteiger partial charge in [-0.05, 0) is 55.3 Å². The normalized spacial score (nSPS) is 15.8. The van der Waals surface area contributed by atoms with Crippen LogP contribution in [-0.2, 0) is 4.79 Å². The van der Waals surface area contributed by atoms with Crippen LogP contribution in [0.15, 0.2) is 47.0 Å². The third kappa shape index (κ3) is 4.49. The van der Waals surface area contributed by atoms with E-state index in [1.165, 1.54) is 19.1 Å². The molecule has 162 valence electrons. The number of nitrogens with one attached hydrogen (secondary N) is 1. The minimum absolute atomic E-state index is 0.0601. The zero-order valence-corrected chi connectivity index (χ0v) is 17.3. The number of likely N-dealkylation sites (tertiary alicyclic amines) is 1. The van der Waals surface area contributed by atoms with Gasteiger partial charge in [-0.15, -0.1) is 0 Å². The van der Waals surface area contributed by atoms with Gasteiger partial charge < -0.3 is 14.7 Å². The highest BCUT2D eigenvalue weighted by Crippen LogP contribution is 2.29. The number of aromatic nitrogens is 2. The first-order chi connectivity index (χ1) is 15.4. The van der Waals surface area contributed by atoms with Crippen molar-refractivity contribution in [1.29, 1.82) is 5.26 Å². The lowest BCUT2D eigenvalue weighted by atomic mass is 9.97. The van der Waals surface area contributed by atoms with Gasteiger partial charge in [-0.25, -0.2) is 4.39 Å². The molecular formula is C23H20FN5O3. The molecular weight excluding hydrogens is 413 g/mol. The van der Waals surface area contributed by atoms with Crippen molar-refractivity contribution in [2.45, 2.75) is 25.7 Å². The van der Waals surface area contributed by atoms with E-state index in [4.69, 9.17) is 9.78 Å². The van der Waals surface area contributed by atoms with E-state index >= 15 is 0 Å². The molecule has 1 aliphatic heterocycles. The number of hydrogen-bond donors (Lipinski definition) is 1. The van der Waals surface area contributed by atoms with Gasteiger partial charge in [0.25, 0.3) is 5.91 Å². The van der Waals surface area contributed by atoms with Crippen molar-refractivity contribution in [3.05, 3.63) is 65.3 Å². The Hall–Kier alpha value is -4.06. The molecule has 2 heterocycles. The van der Waals surface area contributed by atoms with E-state index in [1.54, 1.807) is 29.2 Å². The molecule has 3 aromatic rings. The SMILES string of the molecule is CC(=O)Nc1ccc(-c2noc(C3CCCN(C(=O)c4ccc(C#N)cc4F)C3)n2)cc1. The fraction of sp³-hybridized carbons (Fsp3) is 0.261. The summed E-state index contributed by atoms with van der Waals surface area (Å²) in [7, 11) is 0. The van der Waals surface area contributed by atoms with E-state index in [1.807, 2.05) is 6.07 Å². The van der Waals surface area contributed by atoms with Gasteiger partial charge in [0.15, 0.2) is 0 Å². The first-order valence-corrected chi connectivity index (χ1v) is 10.1. The minimum Gasteiger partial charge on any atom is -0.339 e. The number of halogens is 1. The molecule has 32 heavy (non-hydrogen) atoms. The third-order valence-electron chi connectivity index (χ3n) is 5.29. The van der Waals surface area contributed by atoms with Gasteiger partial charge in [-0.2, -0.15) is 10.2 Å². The summed E-state index contributed by atoms with van der Waals surface area (Å²) in [6.07, 6.45) is 1.49. The molecule has 1 aromatic heterocycles. The number of amides is 2. The van der Waals surface area contributed by atoms with Crippen LogP contribution in [0.5, 0.6) is 0 Å². The van der Waals surface area contributed by atoms with Crippen molar-refractivity contribution >= 4 is 17.5 Å². The van der Waals surface area contributed by atoms with Gasteiger partial charge in [0, 0.05) is 31.3 Å². The predicted octanol–water partition coefficient (Wildman–Crippen LogP) is 3.73.